The van der Waals surface area contributed by atoms with Crippen molar-refractivity contribution in [3.63, 3.8) is 0 Å². The first-order valence-corrected chi connectivity index (χ1v) is 7.16. The molecule has 0 fully saturated rings. The summed E-state index contributed by atoms with van der Waals surface area (Å²) in [4.78, 5) is 12.3. The minimum Gasteiger partial charge on any atom is -0.508 e. The maximum atomic E-state index is 12.3. The summed E-state index contributed by atoms with van der Waals surface area (Å²) in [6, 6.07) is 6.98. The van der Waals surface area contributed by atoms with Crippen LogP contribution in [0.3, 0.4) is 0 Å². The van der Waals surface area contributed by atoms with Crippen LogP contribution in [0.1, 0.15) is 35.9 Å². The van der Waals surface area contributed by atoms with Crippen LogP contribution in [-0.2, 0) is 0 Å². The van der Waals surface area contributed by atoms with Crippen LogP contribution in [0.4, 0.5) is 5.69 Å². The molecule has 1 amide bonds. The lowest BCUT2D eigenvalue weighted by Crippen LogP contribution is -2.17. The standard InChI is InChI=1S/C15H17BrN2O2/c1-9(2)18-8-11(16)7-13(18)15(20)17-12-4-5-14(19)10(3)6-12/h4-9,19H,1-3H3,(H,17,20). The number of nitrogens with one attached hydrogen (secondary N) is 1. The first-order chi connectivity index (χ1) is 9.38. The van der Waals surface area contributed by atoms with E-state index in [-0.39, 0.29) is 17.7 Å². The predicted molar refractivity (Wildman–Crippen MR) is 83.3 cm³/mol. The van der Waals surface area contributed by atoms with Gasteiger partial charge < -0.3 is 15.0 Å². The highest BCUT2D eigenvalue weighted by Gasteiger charge is 2.15. The number of aryl methyl sites for hydroxylation is 1. The van der Waals surface area contributed by atoms with Gasteiger partial charge in [0, 0.05) is 22.4 Å². The summed E-state index contributed by atoms with van der Waals surface area (Å²) in [6.45, 7) is 5.83. The van der Waals surface area contributed by atoms with Crippen molar-refractivity contribution in [2.45, 2.75) is 26.8 Å². The Hall–Kier alpha value is -1.75. The average Bonchev–Trinajstić information content (AvgIpc) is 2.76. The number of nitrogens with zero attached hydrogens (tertiary/aromatic N) is 1. The number of hydrogen-bond donors (Lipinski definition) is 2. The first-order valence-electron chi connectivity index (χ1n) is 6.37. The second-order valence-electron chi connectivity index (χ2n) is 5.00. The fraction of sp³-hybridized carbons (Fsp3) is 0.267. The SMILES string of the molecule is Cc1cc(NC(=O)c2cc(Br)cn2C(C)C)ccc1O. The summed E-state index contributed by atoms with van der Waals surface area (Å²) in [6.07, 6.45) is 1.89. The van der Waals surface area contributed by atoms with Gasteiger partial charge in [0.1, 0.15) is 11.4 Å². The Bertz CT molecular complexity index is 647. The Morgan fingerprint density at radius 2 is 2.05 bits per heavy atom. The van der Waals surface area contributed by atoms with Gasteiger partial charge in [0.2, 0.25) is 0 Å². The monoisotopic (exact) mass is 336 g/mol. The Labute approximate surface area is 126 Å². The van der Waals surface area contributed by atoms with Crippen molar-refractivity contribution < 1.29 is 9.90 Å². The van der Waals surface area contributed by atoms with Crippen LogP contribution in [0, 0.1) is 6.92 Å². The number of carbonyl (C=O) groups is 1. The summed E-state index contributed by atoms with van der Waals surface area (Å²) < 4.78 is 2.78. The molecule has 4 nitrogen and oxygen atoms in total. The van der Waals surface area contributed by atoms with Gasteiger partial charge in [-0.3, -0.25) is 4.79 Å². The highest BCUT2D eigenvalue weighted by Crippen LogP contribution is 2.23. The first kappa shape index (κ1) is 14.7. The van der Waals surface area contributed by atoms with E-state index in [1.54, 1.807) is 31.2 Å². The molecule has 0 aliphatic heterocycles. The van der Waals surface area contributed by atoms with E-state index in [1.807, 2.05) is 24.6 Å². The van der Waals surface area contributed by atoms with Crippen LogP contribution in [0.15, 0.2) is 34.9 Å². The number of benzene rings is 1. The fourth-order valence-electron chi connectivity index (χ4n) is 1.98. The summed E-state index contributed by atoms with van der Waals surface area (Å²) in [5.74, 6) is 0.0470. The van der Waals surface area contributed by atoms with Gasteiger partial charge in [0.05, 0.1) is 0 Å². The Balaban J connectivity index is 2.26. The summed E-state index contributed by atoms with van der Waals surface area (Å²) >= 11 is 3.39. The lowest BCUT2D eigenvalue weighted by molar-refractivity contribution is 0.101. The number of amides is 1. The number of phenolic OH excluding ortho intramolecular Hbond substituents is 1. The van der Waals surface area contributed by atoms with Crippen molar-refractivity contribution in [1.29, 1.82) is 0 Å². The fourth-order valence-corrected chi connectivity index (χ4v) is 2.42. The predicted octanol–water partition coefficient (Wildman–Crippen LogP) is 4.10. The number of halogens is 1. The van der Waals surface area contributed by atoms with Crippen molar-refractivity contribution in [1.82, 2.24) is 4.57 Å². The molecule has 1 aromatic carbocycles. The topological polar surface area (TPSA) is 54.3 Å². The Kier molecular flexibility index (Phi) is 4.18. The Morgan fingerprint density at radius 3 is 2.65 bits per heavy atom. The van der Waals surface area contributed by atoms with Gasteiger partial charge in [-0.25, -0.2) is 0 Å². The molecule has 1 aromatic heterocycles. The average molecular weight is 337 g/mol. The third-order valence-electron chi connectivity index (χ3n) is 3.06. The lowest BCUT2D eigenvalue weighted by atomic mass is 10.2. The normalized spacial score (nSPS) is 10.8. The molecule has 0 aliphatic rings. The van der Waals surface area contributed by atoms with Crippen LogP contribution in [0.25, 0.3) is 0 Å². The van der Waals surface area contributed by atoms with Gasteiger partial charge in [0.25, 0.3) is 5.91 Å². The van der Waals surface area contributed by atoms with Crippen LogP contribution in [0.5, 0.6) is 5.75 Å². The van der Waals surface area contributed by atoms with E-state index in [2.05, 4.69) is 21.2 Å². The zero-order valence-corrected chi connectivity index (χ0v) is 13.2. The van der Waals surface area contributed by atoms with E-state index in [0.29, 0.717) is 11.4 Å². The largest absolute Gasteiger partial charge is 0.508 e. The van der Waals surface area contributed by atoms with Crippen molar-refractivity contribution in [2.24, 2.45) is 0 Å². The molecule has 0 saturated carbocycles. The molecule has 1 heterocycles. The van der Waals surface area contributed by atoms with Gasteiger partial charge in [-0.05, 0) is 66.5 Å². The minimum absolute atomic E-state index is 0.172. The highest BCUT2D eigenvalue weighted by atomic mass is 79.9. The molecule has 0 bridgehead atoms. The van der Waals surface area contributed by atoms with E-state index >= 15 is 0 Å². The van der Waals surface area contributed by atoms with Crippen molar-refractivity contribution in [3.05, 3.63) is 46.2 Å². The molecular weight excluding hydrogens is 320 g/mol. The molecular formula is C15H17BrN2O2. The maximum Gasteiger partial charge on any atom is 0.272 e. The summed E-state index contributed by atoms with van der Waals surface area (Å²) in [5, 5.41) is 12.3. The molecule has 0 saturated heterocycles. The van der Waals surface area contributed by atoms with E-state index in [1.165, 1.54) is 0 Å². The lowest BCUT2D eigenvalue weighted by Gasteiger charge is -2.13. The van der Waals surface area contributed by atoms with Gasteiger partial charge in [0.15, 0.2) is 0 Å². The molecule has 2 N–H and O–H groups in total. The highest BCUT2D eigenvalue weighted by molar-refractivity contribution is 9.10. The summed E-state index contributed by atoms with van der Waals surface area (Å²) in [7, 11) is 0. The number of carbonyl (C=O) groups excluding carboxylic acids is 1. The summed E-state index contributed by atoms with van der Waals surface area (Å²) in [5.41, 5.74) is 1.98. The molecule has 0 aliphatic carbocycles. The van der Waals surface area contributed by atoms with Crippen molar-refractivity contribution in [3.8, 4) is 5.75 Å². The van der Waals surface area contributed by atoms with Crippen LogP contribution in [-0.4, -0.2) is 15.6 Å². The molecule has 5 heteroatoms. The molecule has 0 atom stereocenters. The number of aromatic hydroxyl groups is 1. The molecule has 2 aromatic rings. The van der Waals surface area contributed by atoms with Gasteiger partial charge >= 0.3 is 0 Å². The molecule has 2 rings (SSSR count). The minimum atomic E-state index is -0.172. The Morgan fingerprint density at radius 1 is 1.35 bits per heavy atom. The number of aromatic nitrogens is 1. The smallest absolute Gasteiger partial charge is 0.272 e. The number of rotatable bonds is 3. The third-order valence-corrected chi connectivity index (χ3v) is 3.49. The molecule has 20 heavy (non-hydrogen) atoms. The number of anilines is 1. The zero-order chi connectivity index (χ0) is 14.9. The van der Waals surface area contributed by atoms with Gasteiger partial charge in [-0.15, -0.1) is 0 Å². The number of hydrogen-bond acceptors (Lipinski definition) is 2. The quantitative estimate of drug-likeness (QED) is 0.829. The van der Waals surface area contributed by atoms with E-state index in [9.17, 15) is 9.90 Å². The second kappa shape index (κ2) is 5.71. The number of phenols is 1. The maximum absolute atomic E-state index is 12.3. The van der Waals surface area contributed by atoms with Crippen molar-refractivity contribution >= 4 is 27.5 Å². The van der Waals surface area contributed by atoms with E-state index < -0.39 is 0 Å². The van der Waals surface area contributed by atoms with Crippen LogP contribution >= 0.6 is 15.9 Å². The van der Waals surface area contributed by atoms with Crippen molar-refractivity contribution in [2.75, 3.05) is 5.32 Å². The van der Waals surface area contributed by atoms with Gasteiger partial charge in [-0.1, -0.05) is 0 Å². The molecule has 0 radical (unpaired) electrons. The second-order valence-corrected chi connectivity index (χ2v) is 5.92. The third kappa shape index (κ3) is 3.04. The zero-order valence-electron chi connectivity index (χ0n) is 11.6. The van der Waals surface area contributed by atoms with E-state index in [0.717, 1.165) is 10.0 Å². The molecule has 0 unspecified atom stereocenters. The van der Waals surface area contributed by atoms with Crippen LogP contribution < -0.4 is 5.32 Å². The molecule has 0 spiro atoms. The van der Waals surface area contributed by atoms with E-state index in [4.69, 9.17) is 0 Å². The van der Waals surface area contributed by atoms with Gasteiger partial charge in [-0.2, -0.15) is 0 Å². The molecule has 106 valence electrons. The van der Waals surface area contributed by atoms with Crippen LogP contribution in [0.2, 0.25) is 0 Å².